The van der Waals surface area contributed by atoms with Crippen LogP contribution in [-0.4, -0.2) is 5.78 Å². The van der Waals surface area contributed by atoms with Crippen molar-refractivity contribution in [2.75, 3.05) is 0 Å². The van der Waals surface area contributed by atoms with Gasteiger partial charge in [0.1, 0.15) is 5.78 Å². The summed E-state index contributed by atoms with van der Waals surface area (Å²) < 4.78 is 0. The Bertz CT molecular complexity index is 289. The highest BCUT2D eigenvalue weighted by Gasteiger charge is 2.13. The van der Waals surface area contributed by atoms with Gasteiger partial charge < -0.3 is 0 Å². The van der Waals surface area contributed by atoms with Crippen LogP contribution in [0.2, 0.25) is 0 Å². The molecule has 0 spiro atoms. The maximum atomic E-state index is 11.6. The van der Waals surface area contributed by atoms with E-state index in [1.54, 1.807) is 0 Å². The second kappa shape index (κ2) is 6.39. The number of carbonyl (C=O) groups is 1. The number of benzene rings is 1. The van der Waals surface area contributed by atoms with Crippen LogP contribution in [0, 0.1) is 5.92 Å². The molecular formula is C14H20O. The molecule has 1 aromatic carbocycles. The summed E-state index contributed by atoms with van der Waals surface area (Å²) in [6.45, 7) is 4.05. The van der Waals surface area contributed by atoms with Crippen LogP contribution in [0.1, 0.15) is 38.7 Å². The van der Waals surface area contributed by atoms with Gasteiger partial charge in [-0.25, -0.2) is 0 Å². The maximum Gasteiger partial charge on any atom is 0.135 e. The zero-order chi connectivity index (χ0) is 11.1. The standard InChI is InChI=1S/C14H20O/c1-3-13(14(15)4-2)11-10-12-8-6-5-7-9-12/h5-9,13H,3-4,10-11H2,1-2H3/t13-/m0/s1. The van der Waals surface area contributed by atoms with E-state index in [0.29, 0.717) is 12.2 Å². The van der Waals surface area contributed by atoms with E-state index in [2.05, 4.69) is 31.2 Å². The van der Waals surface area contributed by atoms with E-state index in [4.69, 9.17) is 0 Å². The summed E-state index contributed by atoms with van der Waals surface area (Å²) in [6, 6.07) is 10.4. The van der Waals surface area contributed by atoms with Gasteiger partial charge in [0.05, 0.1) is 0 Å². The Balaban J connectivity index is 2.44. The third-order valence-corrected chi connectivity index (χ3v) is 2.92. The highest BCUT2D eigenvalue weighted by atomic mass is 16.1. The zero-order valence-corrected chi connectivity index (χ0v) is 9.70. The largest absolute Gasteiger partial charge is 0.299 e. The first kappa shape index (κ1) is 12.0. The van der Waals surface area contributed by atoms with Crippen LogP contribution in [0.4, 0.5) is 0 Å². The monoisotopic (exact) mass is 204 g/mol. The highest BCUT2D eigenvalue weighted by molar-refractivity contribution is 5.80. The number of ketones is 1. The van der Waals surface area contributed by atoms with Crippen molar-refractivity contribution in [2.24, 2.45) is 5.92 Å². The van der Waals surface area contributed by atoms with Gasteiger partial charge >= 0.3 is 0 Å². The molecule has 0 aliphatic heterocycles. The average Bonchev–Trinajstić information content (AvgIpc) is 2.31. The Kier molecular flexibility index (Phi) is 5.09. The van der Waals surface area contributed by atoms with Crippen LogP contribution in [0.25, 0.3) is 0 Å². The van der Waals surface area contributed by atoms with Gasteiger partial charge in [0.15, 0.2) is 0 Å². The van der Waals surface area contributed by atoms with Gasteiger partial charge in [0.25, 0.3) is 0 Å². The van der Waals surface area contributed by atoms with Crippen LogP contribution < -0.4 is 0 Å². The molecule has 0 fully saturated rings. The van der Waals surface area contributed by atoms with E-state index in [1.165, 1.54) is 5.56 Å². The molecule has 0 amide bonds. The first-order valence-electron chi connectivity index (χ1n) is 5.84. The Labute approximate surface area is 92.5 Å². The predicted molar refractivity (Wildman–Crippen MR) is 63.8 cm³/mol. The second-order valence-corrected chi connectivity index (χ2v) is 3.95. The number of hydrogen-bond donors (Lipinski definition) is 0. The third-order valence-electron chi connectivity index (χ3n) is 2.92. The Morgan fingerprint density at radius 1 is 1.20 bits per heavy atom. The molecule has 0 N–H and O–H groups in total. The lowest BCUT2D eigenvalue weighted by Gasteiger charge is -2.12. The highest BCUT2D eigenvalue weighted by Crippen LogP contribution is 2.15. The van der Waals surface area contributed by atoms with Gasteiger partial charge in [0.2, 0.25) is 0 Å². The topological polar surface area (TPSA) is 17.1 Å². The Morgan fingerprint density at radius 2 is 1.87 bits per heavy atom. The molecule has 0 saturated heterocycles. The fourth-order valence-electron chi connectivity index (χ4n) is 1.87. The van der Waals surface area contributed by atoms with E-state index >= 15 is 0 Å². The summed E-state index contributed by atoms with van der Waals surface area (Å²) in [5.41, 5.74) is 1.33. The summed E-state index contributed by atoms with van der Waals surface area (Å²) >= 11 is 0. The van der Waals surface area contributed by atoms with Crippen LogP contribution >= 0.6 is 0 Å². The van der Waals surface area contributed by atoms with Crippen molar-refractivity contribution in [3.05, 3.63) is 35.9 Å². The minimum absolute atomic E-state index is 0.259. The van der Waals surface area contributed by atoms with E-state index in [0.717, 1.165) is 19.3 Å². The molecule has 0 aromatic heterocycles. The van der Waals surface area contributed by atoms with E-state index in [9.17, 15) is 4.79 Å². The number of hydrogen-bond acceptors (Lipinski definition) is 1. The first-order valence-corrected chi connectivity index (χ1v) is 5.84. The van der Waals surface area contributed by atoms with Gasteiger partial charge in [-0.05, 0) is 24.8 Å². The molecule has 1 aromatic rings. The van der Waals surface area contributed by atoms with Crippen molar-refractivity contribution in [3.8, 4) is 0 Å². The fraction of sp³-hybridized carbons (Fsp3) is 0.500. The summed E-state index contributed by atoms with van der Waals surface area (Å²) in [5, 5.41) is 0. The molecule has 1 heteroatoms. The molecule has 1 nitrogen and oxygen atoms in total. The van der Waals surface area contributed by atoms with Crippen molar-refractivity contribution in [2.45, 2.75) is 39.5 Å². The van der Waals surface area contributed by atoms with Crippen molar-refractivity contribution in [3.63, 3.8) is 0 Å². The summed E-state index contributed by atoms with van der Waals surface area (Å²) in [7, 11) is 0. The van der Waals surface area contributed by atoms with Crippen molar-refractivity contribution in [1.82, 2.24) is 0 Å². The molecule has 0 saturated carbocycles. The van der Waals surface area contributed by atoms with Gasteiger partial charge in [-0.2, -0.15) is 0 Å². The van der Waals surface area contributed by atoms with Gasteiger partial charge in [0, 0.05) is 12.3 Å². The molecule has 0 aliphatic rings. The van der Waals surface area contributed by atoms with Crippen LogP contribution in [0.3, 0.4) is 0 Å². The smallest absolute Gasteiger partial charge is 0.135 e. The lowest BCUT2D eigenvalue weighted by molar-refractivity contribution is -0.122. The van der Waals surface area contributed by atoms with Crippen LogP contribution in [-0.2, 0) is 11.2 Å². The number of Topliss-reactive ketones (excluding diaryl/α,β-unsaturated/α-hetero) is 1. The molecule has 0 bridgehead atoms. The molecule has 1 rings (SSSR count). The minimum Gasteiger partial charge on any atom is -0.299 e. The van der Waals surface area contributed by atoms with Gasteiger partial charge in [-0.1, -0.05) is 44.2 Å². The predicted octanol–water partition coefficient (Wildman–Crippen LogP) is 3.62. The lowest BCUT2D eigenvalue weighted by Crippen LogP contribution is -2.13. The maximum absolute atomic E-state index is 11.6. The van der Waals surface area contributed by atoms with Gasteiger partial charge in [-0.3, -0.25) is 4.79 Å². The Hall–Kier alpha value is -1.11. The number of rotatable bonds is 6. The first-order chi connectivity index (χ1) is 7.27. The summed E-state index contributed by atoms with van der Waals surface area (Å²) in [5.74, 6) is 0.670. The normalized spacial score (nSPS) is 12.4. The number of carbonyl (C=O) groups excluding carboxylic acids is 1. The molecule has 1 atom stereocenters. The van der Waals surface area contributed by atoms with Crippen molar-refractivity contribution < 1.29 is 4.79 Å². The molecular weight excluding hydrogens is 184 g/mol. The Morgan fingerprint density at radius 3 is 2.40 bits per heavy atom. The molecule has 0 heterocycles. The SMILES string of the molecule is CCC(=O)[C@@H](CC)CCc1ccccc1. The van der Waals surface area contributed by atoms with Crippen LogP contribution in [0.15, 0.2) is 30.3 Å². The average molecular weight is 204 g/mol. The minimum atomic E-state index is 0.259. The second-order valence-electron chi connectivity index (χ2n) is 3.95. The van der Waals surface area contributed by atoms with Crippen molar-refractivity contribution in [1.29, 1.82) is 0 Å². The quantitative estimate of drug-likeness (QED) is 0.691. The lowest BCUT2D eigenvalue weighted by atomic mass is 9.92. The van der Waals surface area contributed by atoms with E-state index < -0.39 is 0 Å². The molecule has 0 unspecified atom stereocenters. The summed E-state index contributed by atoms with van der Waals surface area (Å²) in [4.78, 5) is 11.6. The van der Waals surface area contributed by atoms with Crippen LogP contribution in [0.5, 0.6) is 0 Å². The zero-order valence-electron chi connectivity index (χ0n) is 9.70. The molecule has 0 radical (unpaired) electrons. The summed E-state index contributed by atoms with van der Waals surface area (Å²) in [6.07, 6.45) is 3.66. The molecule has 0 aliphatic carbocycles. The van der Waals surface area contributed by atoms with E-state index in [-0.39, 0.29) is 5.92 Å². The van der Waals surface area contributed by atoms with Crippen molar-refractivity contribution >= 4 is 5.78 Å². The third kappa shape index (κ3) is 3.86. The molecule has 15 heavy (non-hydrogen) atoms. The molecule has 82 valence electrons. The van der Waals surface area contributed by atoms with Gasteiger partial charge in [-0.15, -0.1) is 0 Å². The fourth-order valence-corrected chi connectivity index (χ4v) is 1.87. The number of aryl methyl sites for hydroxylation is 1. The van der Waals surface area contributed by atoms with E-state index in [1.807, 2.05) is 13.0 Å².